The maximum atomic E-state index is 11.7. The van der Waals surface area contributed by atoms with Gasteiger partial charge in [-0.25, -0.2) is 0 Å². The number of hydrogen-bond donors (Lipinski definition) is 2. The molecule has 5 heteroatoms. The molecule has 1 fully saturated rings. The SMILES string of the molecule is COc1ccc(CCNC(=O)CCNC2CC2)cc1OC. The number of carbonyl (C=O) groups is 1. The molecule has 1 aromatic carbocycles. The first-order valence-corrected chi connectivity index (χ1v) is 7.44. The molecule has 0 radical (unpaired) electrons. The Morgan fingerprint density at radius 1 is 1.19 bits per heavy atom. The molecule has 2 rings (SSSR count). The van der Waals surface area contributed by atoms with E-state index in [-0.39, 0.29) is 5.91 Å². The number of benzene rings is 1. The fourth-order valence-corrected chi connectivity index (χ4v) is 2.15. The second-order valence-electron chi connectivity index (χ2n) is 5.27. The van der Waals surface area contributed by atoms with E-state index in [0.717, 1.165) is 30.0 Å². The van der Waals surface area contributed by atoms with Crippen LogP contribution >= 0.6 is 0 Å². The van der Waals surface area contributed by atoms with E-state index in [2.05, 4.69) is 10.6 Å². The van der Waals surface area contributed by atoms with Crippen molar-refractivity contribution in [3.05, 3.63) is 23.8 Å². The molecule has 1 amide bonds. The predicted molar refractivity (Wildman–Crippen MR) is 81.9 cm³/mol. The summed E-state index contributed by atoms with van der Waals surface area (Å²) >= 11 is 0. The predicted octanol–water partition coefficient (Wildman–Crippen LogP) is 1.50. The van der Waals surface area contributed by atoms with E-state index in [9.17, 15) is 4.79 Å². The summed E-state index contributed by atoms with van der Waals surface area (Å²) in [6.45, 7) is 1.41. The van der Waals surface area contributed by atoms with Crippen molar-refractivity contribution in [2.45, 2.75) is 31.7 Å². The summed E-state index contributed by atoms with van der Waals surface area (Å²) in [6, 6.07) is 6.47. The van der Waals surface area contributed by atoms with Gasteiger partial charge in [0.25, 0.3) is 0 Å². The maximum absolute atomic E-state index is 11.7. The molecule has 1 aliphatic rings. The Balaban J connectivity index is 1.68. The molecular formula is C16H24N2O3. The van der Waals surface area contributed by atoms with Gasteiger partial charge in [-0.2, -0.15) is 0 Å². The Kier molecular flexibility index (Phi) is 5.87. The van der Waals surface area contributed by atoms with Gasteiger partial charge in [-0.3, -0.25) is 4.79 Å². The minimum absolute atomic E-state index is 0.101. The Hall–Kier alpha value is -1.75. The summed E-state index contributed by atoms with van der Waals surface area (Å²) < 4.78 is 10.5. The molecule has 0 heterocycles. The third-order valence-corrected chi connectivity index (χ3v) is 3.55. The molecule has 0 unspecified atom stereocenters. The van der Waals surface area contributed by atoms with Gasteiger partial charge in [-0.05, 0) is 37.0 Å². The van der Waals surface area contributed by atoms with Gasteiger partial charge >= 0.3 is 0 Å². The fraction of sp³-hybridized carbons (Fsp3) is 0.562. The van der Waals surface area contributed by atoms with Crippen molar-refractivity contribution in [3.63, 3.8) is 0 Å². The largest absolute Gasteiger partial charge is 0.493 e. The number of ether oxygens (including phenoxy) is 2. The molecule has 0 aromatic heterocycles. The molecule has 0 atom stereocenters. The van der Waals surface area contributed by atoms with Crippen LogP contribution in [0.1, 0.15) is 24.8 Å². The van der Waals surface area contributed by atoms with Crippen molar-refractivity contribution >= 4 is 5.91 Å². The van der Waals surface area contributed by atoms with Gasteiger partial charge in [0.1, 0.15) is 0 Å². The second kappa shape index (κ2) is 7.88. The summed E-state index contributed by atoms with van der Waals surface area (Å²) in [6.07, 6.45) is 3.83. The summed E-state index contributed by atoms with van der Waals surface area (Å²) in [4.78, 5) is 11.7. The molecule has 1 saturated carbocycles. The van der Waals surface area contributed by atoms with E-state index in [1.807, 2.05) is 18.2 Å². The summed E-state index contributed by atoms with van der Waals surface area (Å²) in [5.41, 5.74) is 1.11. The summed E-state index contributed by atoms with van der Waals surface area (Å²) in [5.74, 6) is 1.54. The average molecular weight is 292 g/mol. The van der Waals surface area contributed by atoms with Crippen LogP contribution in [0.2, 0.25) is 0 Å². The van der Waals surface area contributed by atoms with E-state index >= 15 is 0 Å². The third kappa shape index (κ3) is 5.27. The van der Waals surface area contributed by atoms with Gasteiger partial charge in [-0.1, -0.05) is 6.07 Å². The van der Waals surface area contributed by atoms with Crippen LogP contribution in [0.4, 0.5) is 0 Å². The quantitative estimate of drug-likeness (QED) is 0.724. The minimum atomic E-state index is 0.101. The topological polar surface area (TPSA) is 59.6 Å². The van der Waals surface area contributed by atoms with E-state index in [4.69, 9.17) is 9.47 Å². The summed E-state index contributed by atoms with van der Waals surface area (Å²) in [7, 11) is 3.24. The first-order chi connectivity index (χ1) is 10.2. The molecule has 0 saturated heterocycles. The number of carbonyl (C=O) groups excluding carboxylic acids is 1. The lowest BCUT2D eigenvalue weighted by Gasteiger charge is -2.10. The first kappa shape index (κ1) is 15.6. The smallest absolute Gasteiger partial charge is 0.221 e. The molecule has 0 bridgehead atoms. The second-order valence-corrected chi connectivity index (χ2v) is 5.27. The van der Waals surface area contributed by atoms with Crippen LogP contribution in [0.3, 0.4) is 0 Å². The monoisotopic (exact) mass is 292 g/mol. The Labute approximate surface area is 126 Å². The van der Waals surface area contributed by atoms with Crippen molar-refractivity contribution in [2.24, 2.45) is 0 Å². The highest BCUT2D eigenvalue weighted by Gasteiger charge is 2.19. The highest BCUT2D eigenvalue weighted by molar-refractivity contribution is 5.76. The standard InChI is InChI=1S/C16H24N2O3/c1-20-14-6-3-12(11-15(14)21-2)7-9-18-16(19)8-10-17-13-4-5-13/h3,6,11,13,17H,4-5,7-10H2,1-2H3,(H,18,19). The average Bonchev–Trinajstić information content (AvgIpc) is 3.31. The molecular weight excluding hydrogens is 268 g/mol. The minimum Gasteiger partial charge on any atom is -0.493 e. The van der Waals surface area contributed by atoms with Crippen molar-refractivity contribution in [2.75, 3.05) is 27.3 Å². The maximum Gasteiger partial charge on any atom is 0.221 e. The number of hydrogen-bond acceptors (Lipinski definition) is 4. The normalized spacial score (nSPS) is 13.8. The zero-order valence-corrected chi connectivity index (χ0v) is 12.8. The van der Waals surface area contributed by atoms with Crippen LogP contribution in [-0.4, -0.2) is 39.3 Å². The number of methoxy groups -OCH3 is 2. The van der Waals surface area contributed by atoms with Crippen LogP contribution in [0.5, 0.6) is 11.5 Å². The lowest BCUT2D eigenvalue weighted by atomic mass is 10.1. The molecule has 0 spiro atoms. The lowest BCUT2D eigenvalue weighted by Crippen LogP contribution is -2.29. The fourth-order valence-electron chi connectivity index (χ4n) is 2.15. The van der Waals surface area contributed by atoms with Gasteiger partial charge in [0.15, 0.2) is 11.5 Å². The molecule has 1 aliphatic carbocycles. The van der Waals surface area contributed by atoms with Crippen LogP contribution in [0.15, 0.2) is 18.2 Å². The van der Waals surface area contributed by atoms with E-state index in [1.54, 1.807) is 14.2 Å². The van der Waals surface area contributed by atoms with Crippen molar-refractivity contribution < 1.29 is 14.3 Å². The van der Waals surface area contributed by atoms with Crippen molar-refractivity contribution in [1.29, 1.82) is 0 Å². The third-order valence-electron chi connectivity index (χ3n) is 3.55. The zero-order chi connectivity index (χ0) is 15.1. The first-order valence-electron chi connectivity index (χ1n) is 7.44. The van der Waals surface area contributed by atoms with Crippen molar-refractivity contribution in [1.82, 2.24) is 10.6 Å². The van der Waals surface area contributed by atoms with E-state index < -0.39 is 0 Å². The van der Waals surface area contributed by atoms with Crippen LogP contribution in [0, 0.1) is 0 Å². The van der Waals surface area contributed by atoms with Gasteiger partial charge in [0, 0.05) is 25.6 Å². The number of amides is 1. The summed E-state index contributed by atoms with van der Waals surface area (Å²) in [5, 5.41) is 6.27. The van der Waals surface area contributed by atoms with Gasteiger partial charge in [0.2, 0.25) is 5.91 Å². The molecule has 5 nitrogen and oxygen atoms in total. The Bertz CT molecular complexity index is 473. The van der Waals surface area contributed by atoms with Gasteiger partial charge in [-0.15, -0.1) is 0 Å². The van der Waals surface area contributed by atoms with E-state index in [1.165, 1.54) is 12.8 Å². The molecule has 2 N–H and O–H groups in total. The molecule has 0 aliphatic heterocycles. The van der Waals surface area contributed by atoms with E-state index in [0.29, 0.717) is 19.0 Å². The van der Waals surface area contributed by atoms with Crippen molar-refractivity contribution in [3.8, 4) is 11.5 Å². The van der Waals surface area contributed by atoms with Gasteiger partial charge in [0.05, 0.1) is 14.2 Å². The molecule has 116 valence electrons. The highest BCUT2D eigenvalue weighted by atomic mass is 16.5. The Morgan fingerprint density at radius 3 is 2.62 bits per heavy atom. The van der Waals surface area contributed by atoms with Crippen LogP contribution < -0.4 is 20.1 Å². The van der Waals surface area contributed by atoms with Crippen LogP contribution in [-0.2, 0) is 11.2 Å². The number of rotatable bonds is 9. The Morgan fingerprint density at radius 2 is 1.95 bits per heavy atom. The van der Waals surface area contributed by atoms with Gasteiger partial charge < -0.3 is 20.1 Å². The molecule has 1 aromatic rings. The van der Waals surface area contributed by atoms with Crippen LogP contribution in [0.25, 0.3) is 0 Å². The molecule has 21 heavy (non-hydrogen) atoms. The highest BCUT2D eigenvalue weighted by Crippen LogP contribution is 2.27. The lowest BCUT2D eigenvalue weighted by molar-refractivity contribution is -0.120. The number of nitrogens with one attached hydrogen (secondary N) is 2. The zero-order valence-electron chi connectivity index (χ0n) is 12.8.